The Morgan fingerprint density at radius 3 is 2.59 bits per heavy atom. The lowest BCUT2D eigenvalue weighted by molar-refractivity contribution is 0.0195. The highest BCUT2D eigenvalue weighted by Gasteiger charge is 2.36. The molecule has 1 atom stereocenters. The highest BCUT2D eigenvalue weighted by molar-refractivity contribution is 5.80. The molecule has 3 fully saturated rings. The zero-order valence-electron chi connectivity index (χ0n) is 16.7. The van der Waals surface area contributed by atoms with Gasteiger partial charge in [-0.25, -0.2) is 0 Å². The molecule has 1 unspecified atom stereocenters. The number of nitrogens with zero attached hydrogens (tertiary/aromatic N) is 3. The fourth-order valence-corrected chi connectivity index (χ4v) is 5.17. The number of rotatable bonds is 4. The molecule has 2 saturated heterocycles. The average molecular weight is 371 g/mol. The molecule has 5 nitrogen and oxygen atoms in total. The molecule has 0 spiro atoms. The summed E-state index contributed by atoms with van der Waals surface area (Å²) in [5.41, 5.74) is 1.75. The minimum atomic E-state index is 0.264. The van der Waals surface area contributed by atoms with Crippen LogP contribution in [0.2, 0.25) is 0 Å². The van der Waals surface area contributed by atoms with Crippen LogP contribution in [-0.4, -0.2) is 74.8 Å². The minimum Gasteiger partial charge on any atom is -0.379 e. The Bertz CT molecular complexity index is 620. The molecule has 148 valence electrons. The average Bonchev–Trinajstić information content (AvgIpc) is 3.41. The largest absolute Gasteiger partial charge is 0.379 e. The van der Waals surface area contributed by atoms with Crippen molar-refractivity contribution in [3.05, 3.63) is 35.9 Å². The predicted octanol–water partition coefficient (Wildman–Crippen LogP) is 2.48. The van der Waals surface area contributed by atoms with E-state index in [9.17, 15) is 0 Å². The van der Waals surface area contributed by atoms with Crippen LogP contribution in [0.4, 0.5) is 0 Å². The van der Waals surface area contributed by atoms with Crippen molar-refractivity contribution in [1.82, 2.24) is 15.1 Å². The number of hydrogen-bond donors (Lipinski definition) is 1. The van der Waals surface area contributed by atoms with Crippen molar-refractivity contribution in [2.24, 2.45) is 4.99 Å². The van der Waals surface area contributed by atoms with Gasteiger partial charge in [0.25, 0.3) is 0 Å². The fourth-order valence-electron chi connectivity index (χ4n) is 5.17. The lowest BCUT2D eigenvalue weighted by Gasteiger charge is -2.34. The third-order valence-corrected chi connectivity index (χ3v) is 6.77. The molecule has 1 aliphatic carbocycles. The number of ether oxygens (including phenoxy) is 1. The maximum Gasteiger partial charge on any atom is 0.193 e. The molecule has 0 radical (unpaired) electrons. The van der Waals surface area contributed by atoms with Crippen molar-refractivity contribution in [1.29, 1.82) is 0 Å². The summed E-state index contributed by atoms with van der Waals surface area (Å²) in [4.78, 5) is 9.67. The van der Waals surface area contributed by atoms with E-state index < -0.39 is 0 Å². The standard InChI is InChI=1S/C22H34N4O/c1-23-21(26-12-9-20(17-26)25-13-15-27-16-14-25)24-18-22(10-5-6-11-22)19-7-3-2-4-8-19/h2-4,7-8,20H,5-6,9-18H2,1H3,(H,23,24). The van der Waals surface area contributed by atoms with E-state index in [4.69, 9.17) is 4.74 Å². The summed E-state index contributed by atoms with van der Waals surface area (Å²) in [5.74, 6) is 1.08. The molecule has 1 aromatic rings. The Morgan fingerprint density at radius 1 is 1.15 bits per heavy atom. The Labute approximate surface area is 163 Å². The van der Waals surface area contributed by atoms with E-state index in [1.54, 1.807) is 0 Å². The molecule has 0 aromatic heterocycles. The third-order valence-electron chi connectivity index (χ3n) is 6.77. The second-order valence-corrected chi connectivity index (χ2v) is 8.29. The van der Waals surface area contributed by atoms with Gasteiger partial charge < -0.3 is 15.0 Å². The summed E-state index contributed by atoms with van der Waals surface area (Å²) in [6, 6.07) is 11.7. The van der Waals surface area contributed by atoms with Crippen LogP contribution in [0.25, 0.3) is 0 Å². The third kappa shape index (κ3) is 4.14. The van der Waals surface area contributed by atoms with E-state index >= 15 is 0 Å². The van der Waals surface area contributed by atoms with Crippen molar-refractivity contribution in [3.8, 4) is 0 Å². The van der Waals surface area contributed by atoms with Crippen LogP contribution >= 0.6 is 0 Å². The second-order valence-electron chi connectivity index (χ2n) is 8.29. The molecule has 2 aliphatic heterocycles. The van der Waals surface area contributed by atoms with E-state index in [0.29, 0.717) is 6.04 Å². The van der Waals surface area contributed by atoms with Gasteiger partial charge in [-0.15, -0.1) is 0 Å². The molecule has 2 heterocycles. The molecule has 3 aliphatic rings. The number of guanidine groups is 1. The molecule has 0 amide bonds. The lowest BCUT2D eigenvalue weighted by Crippen LogP contribution is -2.48. The Morgan fingerprint density at radius 2 is 1.89 bits per heavy atom. The van der Waals surface area contributed by atoms with Crippen LogP contribution in [0.1, 0.15) is 37.7 Å². The summed E-state index contributed by atoms with van der Waals surface area (Å²) in [5, 5.41) is 3.75. The van der Waals surface area contributed by atoms with Crippen LogP contribution < -0.4 is 5.32 Å². The first-order valence-corrected chi connectivity index (χ1v) is 10.6. The first kappa shape index (κ1) is 18.8. The molecular weight excluding hydrogens is 336 g/mol. The van der Waals surface area contributed by atoms with Gasteiger partial charge in [-0.1, -0.05) is 43.2 Å². The summed E-state index contributed by atoms with van der Waals surface area (Å²) in [7, 11) is 1.92. The van der Waals surface area contributed by atoms with Gasteiger partial charge in [0.15, 0.2) is 5.96 Å². The van der Waals surface area contributed by atoms with Crippen molar-refractivity contribution in [2.45, 2.75) is 43.6 Å². The molecular formula is C22H34N4O. The predicted molar refractivity (Wildman–Crippen MR) is 110 cm³/mol. The zero-order valence-corrected chi connectivity index (χ0v) is 16.7. The minimum absolute atomic E-state index is 0.264. The highest BCUT2D eigenvalue weighted by atomic mass is 16.5. The number of nitrogens with one attached hydrogen (secondary N) is 1. The number of benzene rings is 1. The van der Waals surface area contributed by atoms with Gasteiger partial charge in [0.2, 0.25) is 0 Å². The Hall–Kier alpha value is -1.59. The van der Waals surface area contributed by atoms with E-state index in [0.717, 1.165) is 51.9 Å². The maximum absolute atomic E-state index is 5.51. The highest BCUT2D eigenvalue weighted by Crippen LogP contribution is 2.40. The van der Waals surface area contributed by atoms with Crippen molar-refractivity contribution in [2.75, 3.05) is 53.0 Å². The molecule has 0 bridgehead atoms. The first-order chi connectivity index (χ1) is 13.3. The van der Waals surface area contributed by atoms with Gasteiger partial charge >= 0.3 is 0 Å². The SMILES string of the molecule is CN=C(NCC1(c2ccccc2)CCCC1)N1CCC(N2CCOCC2)C1. The number of likely N-dealkylation sites (tertiary alicyclic amines) is 1. The molecule has 1 N–H and O–H groups in total. The number of aliphatic imine (C=N–C) groups is 1. The molecule has 1 saturated carbocycles. The fraction of sp³-hybridized carbons (Fsp3) is 0.682. The second kappa shape index (κ2) is 8.61. The van der Waals surface area contributed by atoms with Gasteiger partial charge in [-0.2, -0.15) is 0 Å². The molecule has 1 aromatic carbocycles. The monoisotopic (exact) mass is 370 g/mol. The lowest BCUT2D eigenvalue weighted by atomic mass is 9.79. The topological polar surface area (TPSA) is 40.1 Å². The molecule has 4 rings (SSSR count). The van der Waals surface area contributed by atoms with E-state index in [1.165, 1.54) is 37.7 Å². The van der Waals surface area contributed by atoms with E-state index in [1.807, 2.05) is 7.05 Å². The van der Waals surface area contributed by atoms with Gasteiger partial charge in [0.05, 0.1) is 13.2 Å². The summed E-state index contributed by atoms with van der Waals surface area (Å²) in [6.07, 6.45) is 6.44. The van der Waals surface area contributed by atoms with Crippen molar-refractivity contribution in [3.63, 3.8) is 0 Å². The smallest absolute Gasteiger partial charge is 0.193 e. The van der Waals surface area contributed by atoms with Gasteiger partial charge in [-0.3, -0.25) is 9.89 Å². The Balaban J connectivity index is 1.37. The molecule has 27 heavy (non-hydrogen) atoms. The summed E-state index contributed by atoms with van der Waals surface area (Å²) in [6.45, 7) is 7.07. The van der Waals surface area contributed by atoms with Crippen LogP contribution in [0.5, 0.6) is 0 Å². The Kier molecular flexibility index (Phi) is 5.98. The van der Waals surface area contributed by atoms with E-state index in [-0.39, 0.29) is 5.41 Å². The summed E-state index contributed by atoms with van der Waals surface area (Å²) >= 11 is 0. The van der Waals surface area contributed by atoms with E-state index in [2.05, 4.69) is 50.4 Å². The first-order valence-electron chi connectivity index (χ1n) is 10.6. The van der Waals surface area contributed by atoms with Crippen molar-refractivity contribution < 1.29 is 4.74 Å². The van der Waals surface area contributed by atoms with Crippen LogP contribution in [0.3, 0.4) is 0 Å². The van der Waals surface area contributed by atoms with Crippen LogP contribution in [0, 0.1) is 0 Å². The summed E-state index contributed by atoms with van der Waals surface area (Å²) < 4.78 is 5.51. The van der Waals surface area contributed by atoms with Gasteiger partial charge in [0, 0.05) is 51.2 Å². The zero-order chi connectivity index (χ0) is 18.5. The number of morpholine rings is 1. The normalized spacial score (nSPS) is 26.5. The van der Waals surface area contributed by atoms with Gasteiger partial charge in [-0.05, 0) is 24.8 Å². The number of hydrogen-bond acceptors (Lipinski definition) is 3. The van der Waals surface area contributed by atoms with Gasteiger partial charge in [0.1, 0.15) is 0 Å². The maximum atomic E-state index is 5.51. The molecule has 5 heteroatoms. The van der Waals surface area contributed by atoms with Crippen molar-refractivity contribution >= 4 is 5.96 Å². The van der Waals surface area contributed by atoms with Crippen LogP contribution in [0.15, 0.2) is 35.3 Å². The van der Waals surface area contributed by atoms with Crippen LogP contribution in [-0.2, 0) is 10.2 Å². The quantitative estimate of drug-likeness (QED) is 0.653.